The van der Waals surface area contributed by atoms with Gasteiger partial charge in [0.05, 0.1) is 5.60 Å². The molecule has 0 unspecified atom stereocenters. The summed E-state index contributed by atoms with van der Waals surface area (Å²) in [6.45, 7) is 6.47. The second kappa shape index (κ2) is 10.8. The Morgan fingerprint density at radius 2 is 1.87 bits per heavy atom. The van der Waals surface area contributed by atoms with Crippen LogP contribution in [0.4, 0.5) is 0 Å². The van der Waals surface area contributed by atoms with Crippen molar-refractivity contribution < 1.29 is 4.74 Å². The summed E-state index contributed by atoms with van der Waals surface area (Å²) >= 11 is 0. The van der Waals surface area contributed by atoms with Crippen LogP contribution >= 0.6 is 24.0 Å². The van der Waals surface area contributed by atoms with Gasteiger partial charge in [-0.25, -0.2) is 0 Å². The van der Waals surface area contributed by atoms with Gasteiger partial charge in [0.1, 0.15) is 0 Å². The van der Waals surface area contributed by atoms with Gasteiger partial charge in [0.25, 0.3) is 0 Å². The number of nitrogens with one attached hydrogen (secondary N) is 2. The average Bonchev–Trinajstić information content (AvgIpc) is 2.47. The summed E-state index contributed by atoms with van der Waals surface area (Å²) in [6.07, 6.45) is 0. The van der Waals surface area contributed by atoms with Gasteiger partial charge in [0.15, 0.2) is 5.96 Å². The first-order valence-corrected chi connectivity index (χ1v) is 7.58. The molecule has 0 bridgehead atoms. The lowest BCUT2D eigenvalue weighted by molar-refractivity contribution is 0.0268. The van der Waals surface area contributed by atoms with Gasteiger partial charge in [-0.05, 0) is 39.1 Å². The molecule has 0 atom stereocenters. The van der Waals surface area contributed by atoms with Gasteiger partial charge in [0, 0.05) is 33.8 Å². The number of hydrogen-bond acceptors (Lipinski definition) is 3. The Kier molecular flexibility index (Phi) is 10.4. The molecular formula is C17H31IN4O. The van der Waals surface area contributed by atoms with Gasteiger partial charge < -0.3 is 20.3 Å². The first-order chi connectivity index (χ1) is 10.4. The summed E-state index contributed by atoms with van der Waals surface area (Å²) in [7, 11) is 7.65. The Hall–Kier alpha value is -0.860. The van der Waals surface area contributed by atoms with Crippen molar-refractivity contribution in [2.24, 2.45) is 4.99 Å². The third-order valence-electron chi connectivity index (χ3n) is 3.41. The molecule has 2 N–H and O–H groups in total. The fourth-order valence-electron chi connectivity index (χ4n) is 1.98. The lowest BCUT2D eigenvalue weighted by atomic mass is 10.1. The van der Waals surface area contributed by atoms with Crippen molar-refractivity contribution in [2.45, 2.75) is 32.5 Å². The Morgan fingerprint density at radius 1 is 1.22 bits per heavy atom. The highest BCUT2D eigenvalue weighted by atomic mass is 127. The van der Waals surface area contributed by atoms with E-state index >= 15 is 0 Å². The summed E-state index contributed by atoms with van der Waals surface area (Å²) in [5.41, 5.74) is 2.34. The molecule has 1 aromatic rings. The molecule has 0 saturated carbocycles. The van der Waals surface area contributed by atoms with Crippen LogP contribution in [0.2, 0.25) is 0 Å². The predicted molar refractivity (Wildman–Crippen MR) is 109 cm³/mol. The van der Waals surface area contributed by atoms with E-state index in [0.717, 1.165) is 19.0 Å². The maximum Gasteiger partial charge on any atom is 0.191 e. The van der Waals surface area contributed by atoms with Crippen LogP contribution in [0.5, 0.6) is 0 Å². The molecule has 0 heterocycles. The Labute approximate surface area is 157 Å². The molecule has 0 amide bonds. The molecular weight excluding hydrogens is 403 g/mol. The minimum absolute atomic E-state index is 0. The van der Waals surface area contributed by atoms with E-state index in [4.69, 9.17) is 4.74 Å². The predicted octanol–water partition coefficient (Wildman–Crippen LogP) is 2.46. The van der Waals surface area contributed by atoms with Crippen molar-refractivity contribution in [3.05, 3.63) is 35.4 Å². The second-order valence-corrected chi connectivity index (χ2v) is 6.30. The molecule has 0 saturated heterocycles. The van der Waals surface area contributed by atoms with Crippen molar-refractivity contribution in [1.29, 1.82) is 0 Å². The maximum absolute atomic E-state index is 5.40. The fraction of sp³-hybridized carbons (Fsp3) is 0.588. The zero-order valence-corrected chi connectivity index (χ0v) is 17.5. The van der Waals surface area contributed by atoms with Crippen LogP contribution in [0.3, 0.4) is 0 Å². The molecule has 0 aliphatic carbocycles. The Balaban J connectivity index is 0.00000484. The van der Waals surface area contributed by atoms with Crippen molar-refractivity contribution in [3.63, 3.8) is 0 Å². The van der Waals surface area contributed by atoms with Gasteiger partial charge in [-0.2, -0.15) is 0 Å². The number of rotatable bonds is 7. The first-order valence-electron chi connectivity index (χ1n) is 7.58. The number of benzene rings is 1. The molecule has 132 valence electrons. The van der Waals surface area contributed by atoms with Crippen LogP contribution in [0.1, 0.15) is 25.0 Å². The number of methoxy groups -OCH3 is 1. The number of aliphatic imine (C=N–C) groups is 1. The van der Waals surface area contributed by atoms with Crippen molar-refractivity contribution >= 4 is 29.9 Å². The van der Waals surface area contributed by atoms with E-state index in [-0.39, 0.29) is 29.6 Å². The van der Waals surface area contributed by atoms with E-state index in [2.05, 4.69) is 58.9 Å². The number of ether oxygens (including phenoxy) is 1. The van der Waals surface area contributed by atoms with E-state index in [1.54, 1.807) is 14.2 Å². The highest BCUT2D eigenvalue weighted by Crippen LogP contribution is 2.07. The third kappa shape index (κ3) is 9.12. The molecule has 0 fully saturated rings. The largest absolute Gasteiger partial charge is 0.377 e. The molecule has 0 aliphatic rings. The van der Waals surface area contributed by atoms with E-state index in [0.29, 0.717) is 6.54 Å². The summed E-state index contributed by atoms with van der Waals surface area (Å²) < 4.78 is 5.40. The van der Waals surface area contributed by atoms with Gasteiger partial charge in [-0.3, -0.25) is 4.99 Å². The number of nitrogens with zero attached hydrogens (tertiary/aromatic N) is 2. The van der Waals surface area contributed by atoms with Crippen LogP contribution in [0.15, 0.2) is 29.3 Å². The zero-order valence-electron chi connectivity index (χ0n) is 15.1. The third-order valence-corrected chi connectivity index (χ3v) is 3.41. The highest BCUT2D eigenvalue weighted by Gasteiger charge is 2.16. The van der Waals surface area contributed by atoms with Gasteiger partial charge in [0.2, 0.25) is 0 Å². The molecule has 5 nitrogen and oxygen atoms in total. The molecule has 0 spiro atoms. The highest BCUT2D eigenvalue weighted by molar-refractivity contribution is 14.0. The summed E-state index contributed by atoms with van der Waals surface area (Å²) in [6, 6.07) is 8.59. The molecule has 0 aromatic heterocycles. The van der Waals surface area contributed by atoms with Crippen LogP contribution < -0.4 is 10.6 Å². The SMILES string of the molecule is CN=C(NCc1cccc(CN(C)C)c1)NCC(C)(C)OC.I. The van der Waals surface area contributed by atoms with Crippen LogP contribution in [-0.4, -0.2) is 51.3 Å². The number of guanidine groups is 1. The minimum atomic E-state index is -0.219. The molecule has 1 rings (SSSR count). The number of hydrogen-bond donors (Lipinski definition) is 2. The van der Waals surface area contributed by atoms with Gasteiger partial charge >= 0.3 is 0 Å². The topological polar surface area (TPSA) is 48.9 Å². The van der Waals surface area contributed by atoms with E-state index in [1.807, 2.05) is 13.8 Å². The number of halogens is 1. The smallest absolute Gasteiger partial charge is 0.191 e. The quantitative estimate of drug-likeness (QED) is 0.393. The monoisotopic (exact) mass is 434 g/mol. The molecule has 0 aliphatic heterocycles. The maximum atomic E-state index is 5.40. The average molecular weight is 434 g/mol. The molecule has 1 aromatic carbocycles. The molecule has 6 heteroatoms. The molecule has 0 radical (unpaired) electrons. The lowest BCUT2D eigenvalue weighted by Crippen LogP contribution is -2.45. The van der Waals surface area contributed by atoms with Crippen molar-refractivity contribution in [2.75, 3.05) is 34.8 Å². The summed E-state index contributed by atoms with van der Waals surface area (Å²) in [4.78, 5) is 6.41. The lowest BCUT2D eigenvalue weighted by Gasteiger charge is -2.24. The summed E-state index contributed by atoms with van der Waals surface area (Å²) in [5, 5.41) is 6.62. The van der Waals surface area contributed by atoms with E-state index in [9.17, 15) is 0 Å². The Bertz CT molecular complexity index is 489. The van der Waals surface area contributed by atoms with E-state index in [1.165, 1.54) is 11.1 Å². The van der Waals surface area contributed by atoms with Gasteiger partial charge in [-0.1, -0.05) is 24.3 Å². The van der Waals surface area contributed by atoms with Crippen LogP contribution in [0, 0.1) is 0 Å². The normalized spacial score (nSPS) is 12.0. The summed E-state index contributed by atoms with van der Waals surface area (Å²) in [5.74, 6) is 0.781. The van der Waals surface area contributed by atoms with Crippen LogP contribution in [0.25, 0.3) is 0 Å². The standard InChI is InChI=1S/C17H30N4O.HI/c1-17(2,22-6)13-20-16(18-3)19-11-14-8-7-9-15(10-14)12-21(4)5;/h7-10H,11-13H2,1-6H3,(H2,18,19,20);1H. The Morgan fingerprint density at radius 3 is 2.43 bits per heavy atom. The molecule has 23 heavy (non-hydrogen) atoms. The van der Waals surface area contributed by atoms with Crippen molar-refractivity contribution in [1.82, 2.24) is 15.5 Å². The van der Waals surface area contributed by atoms with Gasteiger partial charge in [-0.15, -0.1) is 24.0 Å². The van der Waals surface area contributed by atoms with E-state index < -0.39 is 0 Å². The van der Waals surface area contributed by atoms with Crippen LogP contribution in [-0.2, 0) is 17.8 Å². The zero-order chi connectivity index (χ0) is 16.6. The minimum Gasteiger partial charge on any atom is -0.377 e. The second-order valence-electron chi connectivity index (χ2n) is 6.30. The first kappa shape index (κ1) is 22.1. The fourth-order valence-corrected chi connectivity index (χ4v) is 1.98. The van der Waals surface area contributed by atoms with Crippen molar-refractivity contribution in [3.8, 4) is 0 Å².